The summed E-state index contributed by atoms with van der Waals surface area (Å²) in [5, 5.41) is 21.9. The first-order valence-electron chi connectivity index (χ1n) is 6.20. The predicted octanol–water partition coefficient (Wildman–Crippen LogP) is 1.42. The van der Waals surface area contributed by atoms with E-state index in [0.717, 1.165) is 38.2 Å². The van der Waals surface area contributed by atoms with Gasteiger partial charge in [-0.1, -0.05) is 18.2 Å². The van der Waals surface area contributed by atoms with Crippen molar-refractivity contribution in [3.8, 4) is 12.1 Å². The van der Waals surface area contributed by atoms with Crippen LogP contribution in [-0.2, 0) is 0 Å². The van der Waals surface area contributed by atoms with Gasteiger partial charge in [-0.15, -0.1) is 0 Å². The summed E-state index contributed by atoms with van der Waals surface area (Å²) in [5.41, 5.74) is 1.42. The highest BCUT2D eigenvalue weighted by Gasteiger charge is 2.22. The fourth-order valence-corrected chi connectivity index (χ4v) is 2.31. The first kappa shape index (κ1) is 12.6. The normalized spacial score (nSPS) is 18.3. The molecule has 1 aromatic carbocycles. The van der Waals surface area contributed by atoms with Crippen LogP contribution in [0.2, 0.25) is 0 Å². The quantitative estimate of drug-likeness (QED) is 0.849. The maximum absolute atomic E-state index is 9.42. The lowest BCUT2D eigenvalue weighted by Gasteiger charge is -2.25. The third-order valence-electron chi connectivity index (χ3n) is 3.24. The predicted molar refractivity (Wildman–Crippen MR) is 68.6 cm³/mol. The zero-order valence-corrected chi connectivity index (χ0v) is 10.3. The molecule has 92 valence electrons. The number of benzene rings is 1. The van der Waals surface area contributed by atoms with Crippen LogP contribution in [-0.4, -0.2) is 31.1 Å². The Kier molecular flexibility index (Phi) is 4.30. The topological polar surface area (TPSA) is 62.9 Å². The molecule has 0 spiro atoms. The highest BCUT2D eigenvalue weighted by molar-refractivity contribution is 5.41. The van der Waals surface area contributed by atoms with Crippen molar-refractivity contribution in [2.75, 3.05) is 26.2 Å². The number of rotatable bonds is 2. The molecular formula is C14H16N4. The van der Waals surface area contributed by atoms with E-state index < -0.39 is 0 Å². The average molecular weight is 240 g/mol. The van der Waals surface area contributed by atoms with Gasteiger partial charge in [-0.25, -0.2) is 0 Å². The van der Waals surface area contributed by atoms with Gasteiger partial charge in [-0.2, -0.15) is 10.5 Å². The molecule has 0 aromatic heterocycles. The molecule has 0 radical (unpaired) electrons. The van der Waals surface area contributed by atoms with E-state index in [2.05, 4.69) is 22.4 Å². The highest BCUT2D eigenvalue weighted by Crippen LogP contribution is 2.23. The lowest BCUT2D eigenvalue weighted by molar-refractivity contribution is 0.252. The number of nitriles is 2. The molecule has 0 bridgehead atoms. The van der Waals surface area contributed by atoms with Crippen molar-refractivity contribution in [1.29, 1.82) is 10.5 Å². The monoisotopic (exact) mass is 240 g/mol. The number of nitrogens with one attached hydrogen (secondary N) is 1. The zero-order valence-electron chi connectivity index (χ0n) is 10.3. The molecule has 0 amide bonds. The van der Waals surface area contributed by atoms with Crippen molar-refractivity contribution in [2.24, 2.45) is 0 Å². The maximum atomic E-state index is 9.42. The summed E-state index contributed by atoms with van der Waals surface area (Å²) < 4.78 is 0. The van der Waals surface area contributed by atoms with Gasteiger partial charge in [-0.3, -0.25) is 4.90 Å². The fraction of sp³-hybridized carbons (Fsp3) is 0.429. The average Bonchev–Trinajstić information content (AvgIpc) is 2.69. The lowest BCUT2D eigenvalue weighted by Crippen LogP contribution is -2.32. The molecule has 1 atom stereocenters. The minimum Gasteiger partial charge on any atom is -0.315 e. The number of hydrogen-bond acceptors (Lipinski definition) is 4. The molecule has 0 saturated carbocycles. The van der Waals surface area contributed by atoms with Gasteiger partial charge >= 0.3 is 0 Å². The van der Waals surface area contributed by atoms with E-state index in [4.69, 9.17) is 5.26 Å². The summed E-state index contributed by atoms with van der Waals surface area (Å²) in [6, 6.07) is 11.6. The Labute approximate surface area is 107 Å². The molecule has 2 rings (SSSR count). The molecule has 4 heteroatoms. The first-order chi connectivity index (χ1) is 8.86. The van der Waals surface area contributed by atoms with E-state index in [1.807, 2.05) is 18.2 Å². The van der Waals surface area contributed by atoms with Crippen LogP contribution in [0.15, 0.2) is 24.3 Å². The van der Waals surface area contributed by atoms with E-state index in [1.165, 1.54) is 0 Å². The zero-order chi connectivity index (χ0) is 12.8. The van der Waals surface area contributed by atoms with Gasteiger partial charge in [0.05, 0.1) is 17.7 Å². The summed E-state index contributed by atoms with van der Waals surface area (Å²) in [5.74, 6) is 0. The molecule has 1 aliphatic heterocycles. The molecule has 1 fully saturated rings. The SMILES string of the molecule is N#Cc1ccccc1C(C#N)N1CCCNCC1. The molecule has 1 aliphatic rings. The number of hydrogen-bond donors (Lipinski definition) is 1. The maximum Gasteiger partial charge on any atom is 0.125 e. The van der Waals surface area contributed by atoms with Gasteiger partial charge < -0.3 is 5.32 Å². The van der Waals surface area contributed by atoms with Crippen molar-refractivity contribution < 1.29 is 0 Å². The molecule has 18 heavy (non-hydrogen) atoms. The largest absolute Gasteiger partial charge is 0.315 e. The Morgan fingerprint density at radius 1 is 1.17 bits per heavy atom. The van der Waals surface area contributed by atoms with Gasteiger partial charge in [-0.05, 0) is 19.0 Å². The summed E-state index contributed by atoms with van der Waals surface area (Å²) in [7, 11) is 0. The van der Waals surface area contributed by atoms with Crippen LogP contribution in [0.1, 0.15) is 23.6 Å². The van der Waals surface area contributed by atoms with Gasteiger partial charge in [0, 0.05) is 25.2 Å². The van der Waals surface area contributed by atoms with E-state index in [-0.39, 0.29) is 6.04 Å². The minimum atomic E-state index is -0.319. The first-order valence-corrected chi connectivity index (χ1v) is 6.20. The van der Waals surface area contributed by atoms with Crippen LogP contribution >= 0.6 is 0 Å². The number of nitrogens with zero attached hydrogens (tertiary/aromatic N) is 3. The smallest absolute Gasteiger partial charge is 0.125 e. The van der Waals surface area contributed by atoms with Crippen molar-refractivity contribution in [3.63, 3.8) is 0 Å². The molecule has 4 nitrogen and oxygen atoms in total. The van der Waals surface area contributed by atoms with E-state index in [9.17, 15) is 5.26 Å². The van der Waals surface area contributed by atoms with Crippen LogP contribution in [0.25, 0.3) is 0 Å². The summed E-state index contributed by atoms with van der Waals surface area (Å²) in [4.78, 5) is 2.15. The van der Waals surface area contributed by atoms with Crippen LogP contribution < -0.4 is 5.32 Å². The molecule has 0 aliphatic carbocycles. The molecule has 1 unspecified atom stereocenters. The third kappa shape index (κ3) is 2.68. The van der Waals surface area contributed by atoms with Crippen LogP contribution in [0, 0.1) is 22.7 Å². The minimum absolute atomic E-state index is 0.319. The van der Waals surface area contributed by atoms with E-state index >= 15 is 0 Å². The van der Waals surface area contributed by atoms with Gasteiger partial charge in [0.1, 0.15) is 6.04 Å². The Hall–Kier alpha value is -1.88. The molecule has 1 saturated heterocycles. The van der Waals surface area contributed by atoms with E-state index in [1.54, 1.807) is 6.07 Å². The summed E-state index contributed by atoms with van der Waals surface area (Å²) in [6.07, 6.45) is 1.03. The standard InChI is InChI=1S/C14H16N4/c15-10-12-4-1-2-5-13(12)14(11-16)18-8-3-6-17-7-9-18/h1-2,4-5,14,17H,3,6-9H2. The van der Waals surface area contributed by atoms with Crippen molar-refractivity contribution in [3.05, 3.63) is 35.4 Å². The van der Waals surface area contributed by atoms with E-state index in [0.29, 0.717) is 5.56 Å². The Balaban J connectivity index is 2.27. The molecule has 1 N–H and O–H groups in total. The van der Waals surface area contributed by atoms with Gasteiger partial charge in [0.15, 0.2) is 0 Å². The van der Waals surface area contributed by atoms with Crippen LogP contribution in [0.5, 0.6) is 0 Å². The van der Waals surface area contributed by atoms with Gasteiger partial charge in [0.2, 0.25) is 0 Å². The summed E-state index contributed by atoms with van der Waals surface area (Å²) in [6.45, 7) is 3.63. The van der Waals surface area contributed by atoms with Crippen LogP contribution in [0.4, 0.5) is 0 Å². The van der Waals surface area contributed by atoms with Crippen molar-refractivity contribution >= 4 is 0 Å². The molecule has 1 heterocycles. The second-order valence-electron chi connectivity index (χ2n) is 4.37. The lowest BCUT2D eigenvalue weighted by atomic mass is 10.0. The molecular weight excluding hydrogens is 224 g/mol. The summed E-state index contributed by atoms with van der Waals surface area (Å²) >= 11 is 0. The van der Waals surface area contributed by atoms with Crippen LogP contribution in [0.3, 0.4) is 0 Å². The fourth-order valence-electron chi connectivity index (χ4n) is 2.31. The highest BCUT2D eigenvalue weighted by atomic mass is 15.2. The van der Waals surface area contributed by atoms with Crippen molar-refractivity contribution in [1.82, 2.24) is 10.2 Å². The molecule has 1 aromatic rings. The Bertz CT molecular complexity index is 475. The van der Waals surface area contributed by atoms with Gasteiger partial charge in [0.25, 0.3) is 0 Å². The van der Waals surface area contributed by atoms with Crippen molar-refractivity contribution in [2.45, 2.75) is 12.5 Å². The second-order valence-corrected chi connectivity index (χ2v) is 4.37. The Morgan fingerprint density at radius 2 is 2.00 bits per heavy atom. The third-order valence-corrected chi connectivity index (χ3v) is 3.24. The Morgan fingerprint density at radius 3 is 2.78 bits per heavy atom. The second kappa shape index (κ2) is 6.16.